The number of amides is 1. The molecule has 0 saturated carbocycles. The fraction of sp³-hybridized carbons (Fsp3) is 0.0870. The molecule has 4 aromatic rings. The number of benzene rings is 3. The molecule has 0 saturated heterocycles. The molecule has 138 valence electrons. The lowest BCUT2D eigenvalue weighted by molar-refractivity contribution is -0.116. The molecule has 5 heteroatoms. The Balaban J connectivity index is 1.66. The topological polar surface area (TPSA) is 68.0 Å². The first kappa shape index (κ1) is 17.7. The first-order chi connectivity index (χ1) is 13.7. The highest BCUT2D eigenvalue weighted by Crippen LogP contribution is 2.29. The van der Waals surface area contributed by atoms with Gasteiger partial charge in [0.15, 0.2) is 5.69 Å². The Bertz CT molecular complexity index is 1020. The van der Waals surface area contributed by atoms with E-state index in [4.69, 9.17) is 4.63 Å². The van der Waals surface area contributed by atoms with Gasteiger partial charge >= 0.3 is 0 Å². The summed E-state index contributed by atoms with van der Waals surface area (Å²) < 4.78 is 4.91. The number of carbonyl (C=O) groups is 1. The molecular formula is C23H19N3O2. The van der Waals surface area contributed by atoms with Gasteiger partial charge in [-0.25, -0.2) is 4.63 Å². The second-order valence-electron chi connectivity index (χ2n) is 6.57. The van der Waals surface area contributed by atoms with Crippen molar-refractivity contribution in [1.82, 2.24) is 10.3 Å². The first-order valence-electron chi connectivity index (χ1n) is 9.03. The van der Waals surface area contributed by atoms with Crippen LogP contribution in [0.15, 0.2) is 89.6 Å². The summed E-state index contributed by atoms with van der Waals surface area (Å²) in [6.45, 7) is 2.01. The molecule has 1 amide bonds. The van der Waals surface area contributed by atoms with Crippen LogP contribution in [0, 0.1) is 6.92 Å². The van der Waals surface area contributed by atoms with Gasteiger partial charge in [-0.1, -0.05) is 90.5 Å². The Kier molecular flexibility index (Phi) is 4.97. The van der Waals surface area contributed by atoms with Crippen LogP contribution in [0.5, 0.6) is 0 Å². The summed E-state index contributed by atoms with van der Waals surface area (Å²) in [6.07, 6.45) is 0. The number of anilines is 1. The number of carbonyl (C=O) groups excluding carboxylic acids is 1. The van der Waals surface area contributed by atoms with E-state index in [-0.39, 0.29) is 5.91 Å². The fourth-order valence-electron chi connectivity index (χ4n) is 3.15. The Morgan fingerprint density at radius 1 is 0.821 bits per heavy atom. The monoisotopic (exact) mass is 369 g/mol. The van der Waals surface area contributed by atoms with Gasteiger partial charge in [-0.05, 0) is 28.4 Å². The lowest BCUT2D eigenvalue weighted by atomic mass is 9.90. The molecule has 0 bridgehead atoms. The van der Waals surface area contributed by atoms with Gasteiger partial charge in [-0.3, -0.25) is 4.79 Å². The third kappa shape index (κ3) is 3.69. The average molecular weight is 369 g/mol. The van der Waals surface area contributed by atoms with Crippen LogP contribution in [0.3, 0.4) is 0 Å². The van der Waals surface area contributed by atoms with Crippen molar-refractivity contribution in [3.8, 4) is 11.3 Å². The maximum Gasteiger partial charge on any atom is 0.237 e. The second kappa shape index (κ2) is 7.88. The standard InChI is InChI=1S/C23H19N3O2/c1-16-12-14-19(15-13-16)21-22(26-28-25-21)24-23(27)20(17-8-4-2-5-9-17)18-10-6-3-7-11-18/h2-15,20H,1H3,(H,24,26,27). The number of aryl methyl sites for hydroxylation is 1. The Morgan fingerprint density at radius 2 is 1.39 bits per heavy atom. The molecule has 0 unspecified atom stereocenters. The molecule has 1 aromatic heterocycles. The number of hydrogen-bond donors (Lipinski definition) is 1. The number of nitrogens with zero attached hydrogens (tertiary/aromatic N) is 2. The zero-order chi connectivity index (χ0) is 19.3. The summed E-state index contributed by atoms with van der Waals surface area (Å²) >= 11 is 0. The number of hydrogen-bond acceptors (Lipinski definition) is 4. The number of rotatable bonds is 5. The summed E-state index contributed by atoms with van der Waals surface area (Å²) in [5.74, 6) is -0.350. The number of aromatic nitrogens is 2. The molecule has 5 nitrogen and oxygen atoms in total. The Labute approximate surface area is 163 Å². The van der Waals surface area contributed by atoms with Gasteiger partial charge in [-0.15, -0.1) is 0 Å². The van der Waals surface area contributed by atoms with Crippen molar-refractivity contribution < 1.29 is 9.42 Å². The van der Waals surface area contributed by atoms with Crippen molar-refractivity contribution in [3.63, 3.8) is 0 Å². The van der Waals surface area contributed by atoms with Gasteiger partial charge in [0.25, 0.3) is 0 Å². The molecule has 0 aliphatic heterocycles. The zero-order valence-corrected chi connectivity index (χ0v) is 15.4. The maximum atomic E-state index is 13.2. The molecular weight excluding hydrogens is 350 g/mol. The SMILES string of the molecule is Cc1ccc(-c2nonc2NC(=O)C(c2ccccc2)c2ccccc2)cc1. The lowest BCUT2D eigenvalue weighted by Gasteiger charge is -2.17. The molecule has 0 radical (unpaired) electrons. The lowest BCUT2D eigenvalue weighted by Crippen LogP contribution is -2.22. The minimum Gasteiger partial charge on any atom is -0.305 e. The quantitative estimate of drug-likeness (QED) is 0.548. The second-order valence-corrected chi connectivity index (χ2v) is 6.57. The summed E-state index contributed by atoms with van der Waals surface area (Å²) in [4.78, 5) is 13.2. The third-order valence-corrected chi connectivity index (χ3v) is 4.58. The highest BCUT2D eigenvalue weighted by Gasteiger charge is 2.25. The highest BCUT2D eigenvalue weighted by atomic mass is 16.6. The molecule has 1 heterocycles. The van der Waals surface area contributed by atoms with Gasteiger partial charge in [0.05, 0.1) is 5.92 Å². The molecule has 0 aliphatic carbocycles. The van der Waals surface area contributed by atoms with Crippen LogP contribution >= 0.6 is 0 Å². The van der Waals surface area contributed by atoms with Gasteiger partial charge in [-0.2, -0.15) is 0 Å². The minimum absolute atomic E-state index is 0.193. The minimum atomic E-state index is -0.468. The Hall–Kier alpha value is -3.73. The van der Waals surface area contributed by atoms with Crippen molar-refractivity contribution in [2.45, 2.75) is 12.8 Å². The van der Waals surface area contributed by atoms with Gasteiger partial charge in [0, 0.05) is 5.56 Å². The van der Waals surface area contributed by atoms with Gasteiger partial charge in [0.1, 0.15) is 0 Å². The van der Waals surface area contributed by atoms with Gasteiger partial charge in [0.2, 0.25) is 11.7 Å². The van der Waals surface area contributed by atoms with Crippen molar-refractivity contribution in [2.75, 3.05) is 5.32 Å². The molecule has 28 heavy (non-hydrogen) atoms. The van der Waals surface area contributed by atoms with Gasteiger partial charge < -0.3 is 5.32 Å². The third-order valence-electron chi connectivity index (χ3n) is 4.58. The van der Waals surface area contributed by atoms with E-state index in [2.05, 4.69) is 15.6 Å². The zero-order valence-electron chi connectivity index (χ0n) is 15.4. The first-order valence-corrected chi connectivity index (χ1v) is 9.03. The van der Waals surface area contributed by atoms with Crippen LogP contribution in [0.25, 0.3) is 11.3 Å². The highest BCUT2D eigenvalue weighted by molar-refractivity contribution is 5.99. The fourth-order valence-corrected chi connectivity index (χ4v) is 3.15. The van der Waals surface area contributed by atoms with E-state index in [1.165, 1.54) is 0 Å². The predicted octanol–water partition coefficient (Wildman–Crippen LogP) is 4.82. The predicted molar refractivity (Wildman–Crippen MR) is 108 cm³/mol. The summed E-state index contributed by atoms with van der Waals surface area (Å²) in [5, 5.41) is 10.8. The van der Waals surface area contributed by atoms with Crippen molar-refractivity contribution in [3.05, 3.63) is 102 Å². The van der Waals surface area contributed by atoms with Crippen LogP contribution in [0.2, 0.25) is 0 Å². The maximum absolute atomic E-state index is 13.2. The van der Waals surface area contributed by atoms with Crippen LogP contribution in [-0.2, 0) is 4.79 Å². The van der Waals surface area contributed by atoms with E-state index in [0.717, 1.165) is 22.3 Å². The summed E-state index contributed by atoms with van der Waals surface area (Å²) in [5.41, 5.74) is 4.28. The average Bonchev–Trinajstić information content (AvgIpc) is 3.18. The molecule has 1 N–H and O–H groups in total. The molecule has 3 aromatic carbocycles. The van der Waals surface area contributed by atoms with Crippen molar-refractivity contribution in [1.29, 1.82) is 0 Å². The van der Waals surface area contributed by atoms with Crippen LogP contribution in [0.4, 0.5) is 5.82 Å². The van der Waals surface area contributed by atoms with E-state index in [1.54, 1.807) is 0 Å². The van der Waals surface area contributed by atoms with Crippen molar-refractivity contribution >= 4 is 11.7 Å². The van der Waals surface area contributed by atoms with Crippen molar-refractivity contribution in [2.24, 2.45) is 0 Å². The largest absolute Gasteiger partial charge is 0.305 e. The summed E-state index contributed by atoms with van der Waals surface area (Å²) in [6, 6.07) is 27.1. The van der Waals surface area contributed by atoms with E-state index < -0.39 is 5.92 Å². The molecule has 0 fully saturated rings. The van der Waals surface area contributed by atoms with E-state index in [1.807, 2.05) is 91.9 Å². The van der Waals surface area contributed by atoms with Crippen LogP contribution < -0.4 is 5.32 Å². The number of nitrogens with one attached hydrogen (secondary N) is 1. The van der Waals surface area contributed by atoms with Crippen LogP contribution in [-0.4, -0.2) is 16.2 Å². The summed E-state index contributed by atoms with van der Waals surface area (Å²) in [7, 11) is 0. The molecule has 0 spiro atoms. The van der Waals surface area contributed by atoms with E-state index in [0.29, 0.717) is 11.5 Å². The van der Waals surface area contributed by atoms with E-state index >= 15 is 0 Å². The molecule has 4 rings (SSSR count). The van der Waals surface area contributed by atoms with Crippen LogP contribution in [0.1, 0.15) is 22.6 Å². The normalized spacial score (nSPS) is 10.8. The van der Waals surface area contributed by atoms with E-state index in [9.17, 15) is 4.79 Å². The Morgan fingerprint density at radius 3 is 1.96 bits per heavy atom. The molecule has 0 atom stereocenters. The molecule has 0 aliphatic rings. The smallest absolute Gasteiger partial charge is 0.237 e.